The summed E-state index contributed by atoms with van der Waals surface area (Å²) in [5.74, 6) is 7.74. The van der Waals surface area contributed by atoms with Gasteiger partial charge in [0.05, 0.1) is 0 Å². The highest BCUT2D eigenvalue weighted by Crippen LogP contribution is 2.61. The van der Waals surface area contributed by atoms with Crippen LogP contribution in [-0.2, 0) is 29.1 Å². The second kappa shape index (κ2) is 60.8. The summed E-state index contributed by atoms with van der Waals surface area (Å²) in [6.07, 6.45) is 64.5. The third-order valence-corrected chi connectivity index (χ3v) is 34.7. The molecule has 8 aromatic rings. The third-order valence-electron chi connectivity index (χ3n) is 34.7. The van der Waals surface area contributed by atoms with Crippen LogP contribution in [0.3, 0.4) is 0 Å². The molecule has 810 valence electrons. The first-order valence-corrected chi connectivity index (χ1v) is 61.0. The maximum absolute atomic E-state index is 14.5. The number of aromatic amines is 2. The number of anilines is 4. The summed E-state index contributed by atoms with van der Waals surface area (Å²) in [6, 6.07) is 46.5. The Labute approximate surface area is 895 Å². The first-order valence-electron chi connectivity index (χ1n) is 61.0. The highest BCUT2D eigenvalue weighted by atomic mass is 16.2. The lowest BCUT2D eigenvalue weighted by Gasteiger charge is -2.36. The molecule has 0 spiro atoms. The van der Waals surface area contributed by atoms with Crippen LogP contribution in [-0.4, -0.2) is 32.0 Å². The Kier molecular flexibility index (Phi) is 49.1. The summed E-state index contributed by atoms with van der Waals surface area (Å²) >= 11 is 0. The Hall–Kier alpha value is -8.38. The standard InChI is InChI=1S/C135H206N8O4/c1-21-23-25-27-29-31-33-35-37-39-41-61-111-93-127(144)140-129(136-111)142-131(146)138-113-67-73-121-119(91-113)117-71-65-109(89-125(117)133(121,81-75-101(15)55-43-49-95(3)4)82-76-102(16)56-44-50-96(5)6)107-63-69-115-116-70-64-108(88-124(116)135(123(115)87-107,85-79-105(19)59-47-53-99(11)12)86-80-106(20)60-48-54-100(13)14)110-66-72-118-120-92-114(139-132(147)143-130-137-112(94-128(145)141-130)62-42-40-38-36-34-32-30-28-26-24-22-2)68-74-122(120)134(126(118)90-110,83-77-103(17)57-45-51-97(7)8)84-78-104(18)58-46-52-98(9)10/h63-74,87-106H,21-62,75-86H2,1-20H3,(H3,136,138,140,142,144,146)(H3,137,139,141,143,145,147)/t101-,102-,103-,104-,105-,106-/m0/s1. The fourth-order valence-corrected chi connectivity index (χ4v) is 25.3. The number of hydrogen-bond acceptors (Lipinski definition) is 6. The maximum Gasteiger partial charge on any atom is 0.326 e. The van der Waals surface area contributed by atoms with E-state index < -0.39 is 12.1 Å². The van der Waals surface area contributed by atoms with Crippen LogP contribution in [0.2, 0.25) is 0 Å². The molecular formula is C135H206N8O4. The van der Waals surface area contributed by atoms with E-state index in [1.807, 2.05) is 0 Å². The van der Waals surface area contributed by atoms with Gasteiger partial charge in [-0.25, -0.2) is 9.59 Å². The molecule has 2 heterocycles. The largest absolute Gasteiger partial charge is 0.329 e. The van der Waals surface area contributed by atoms with Crippen LogP contribution in [0.25, 0.3) is 55.6 Å². The molecule has 147 heavy (non-hydrogen) atoms. The van der Waals surface area contributed by atoms with Crippen molar-refractivity contribution in [1.82, 2.24) is 19.9 Å². The zero-order valence-corrected chi connectivity index (χ0v) is 96.7. The van der Waals surface area contributed by atoms with E-state index in [2.05, 4.69) is 289 Å². The lowest BCUT2D eigenvalue weighted by molar-refractivity contribution is 0.261. The lowest BCUT2D eigenvalue weighted by Crippen LogP contribution is -2.28. The van der Waals surface area contributed by atoms with Crippen molar-refractivity contribution in [3.8, 4) is 55.6 Å². The van der Waals surface area contributed by atoms with Crippen LogP contribution in [0.5, 0.6) is 0 Å². The van der Waals surface area contributed by atoms with Gasteiger partial charge in [0, 0.05) is 51.1 Å². The second-order valence-electron chi connectivity index (χ2n) is 50.5. The van der Waals surface area contributed by atoms with E-state index in [4.69, 9.17) is 0 Å². The van der Waals surface area contributed by atoms with E-state index in [0.29, 0.717) is 82.4 Å². The maximum atomic E-state index is 14.5. The number of H-pyrrole nitrogens is 2. The summed E-state index contributed by atoms with van der Waals surface area (Å²) in [7, 11) is 0. The predicted molar refractivity (Wildman–Crippen MR) is 634 cm³/mol. The van der Waals surface area contributed by atoms with Gasteiger partial charge >= 0.3 is 12.1 Å². The van der Waals surface area contributed by atoms with Crippen LogP contribution in [0.4, 0.5) is 32.9 Å². The van der Waals surface area contributed by atoms with Crippen LogP contribution >= 0.6 is 0 Å². The van der Waals surface area contributed by atoms with E-state index in [-0.39, 0.29) is 39.3 Å². The highest BCUT2D eigenvalue weighted by Gasteiger charge is 2.48. The number of hydrogen-bond donors (Lipinski definition) is 6. The second-order valence-corrected chi connectivity index (χ2v) is 50.5. The Morgan fingerprint density at radius 2 is 0.476 bits per heavy atom. The molecule has 0 fully saturated rings. The molecule has 0 aliphatic heterocycles. The summed E-state index contributed by atoms with van der Waals surface area (Å²) in [5, 5.41) is 12.5. The molecule has 6 atom stereocenters. The minimum absolute atomic E-state index is 0.171. The number of nitrogens with one attached hydrogen (secondary N) is 6. The molecule has 0 unspecified atom stereocenters. The third kappa shape index (κ3) is 36.4. The van der Waals surface area contributed by atoms with Crippen molar-refractivity contribution in [2.24, 2.45) is 71.0 Å². The Bertz CT molecular complexity index is 5030. The molecule has 12 heteroatoms. The molecule has 0 saturated heterocycles. The average molecular weight is 2010 g/mol. The smallest absolute Gasteiger partial charge is 0.326 e. The number of urea groups is 2. The van der Waals surface area contributed by atoms with E-state index in [1.165, 1.54) is 320 Å². The van der Waals surface area contributed by atoms with Crippen molar-refractivity contribution in [2.75, 3.05) is 21.3 Å². The van der Waals surface area contributed by atoms with Crippen molar-refractivity contribution in [2.45, 2.75) is 501 Å². The number of fused-ring (bicyclic) bond motifs is 9. The Morgan fingerprint density at radius 1 is 0.245 bits per heavy atom. The van der Waals surface area contributed by atoms with Gasteiger partial charge in [-0.1, -0.05) is 443 Å². The van der Waals surface area contributed by atoms with Crippen LogP contribution in [0.15, 0.2) is 131 Å². The first-order chi connectivity index (χ1) is 70.8. The average Bonchev–Trinajstić information content (AvgIpc) is 1.56. The van der Waals surface area contributed by atoms with Gasteiger partial charge in [0.2, 0.25) is 11.9 Å². The molecule has 6 aromatic carbocycles. The summed E-state index contributed by atoms with van der Waals surface area (Å²) < 4.78 is 0. The molecule has 3 aliphatic carbocycles. The first kappa shape index (κ1) is 119. The molecule has 4 amide bonds. The molecule has 3 aliphatic rings. The van der Waals surface area contributed by atoms with Crippen molar-refractivity contribution in [1.29, 1.82) is 0 Å². The molecule has 12 nitrogen and oxygen atoms in total. The zero-order valence-electron chi connectivity index (χ0n) is 96.7. The summed E-state index contributed by atoms with van der Waals surface area (Å²) in [5.41, 5.74) is 22.9. The van der Waals surface area contributed by atoms with E-state index in [0.717, 1.165) is 127 Å². The number of benzene rings is 6. The number of aryl methyl sites for hydroxylation is 2. The van der Waals surface area contributed by atoms with Gasteiger partial charge in [-0.2, -0.15) is 9.97 Å². The molecule has 2 aromatic heterocycles. The fourth-order valence-electron chi connectivity index (χ4n) is 25.3. The number of rotatable bonds is 72. The molecule has 0 radical (unpaired) electrons. The van der Waals surface area contributed by atoms with Crippen LogP contribution in [0, 0.1) is 71.0 Å². The Balaban J connectivity index is 0.996. The zero-order chi connectivity index (χ0) is 105. The number of carbonyl (C=O) groups excluding carboxylic acids is 2. The van der Waals surface area contributed by atoms with Crippen molar-refractivity contribution < 1.29 is 9.59 Å². The number of carbonyl (C=O) groups is 2. The van der Waals surface area contributed by atoms with Crippen LogP contribution in [0.1, 0.15) is 517 Å². The number of aromatic nitrogens is 4. The van der Waals surface area contributed by atoms with Gasteiger partial charge in [-0.05, 0) is 311 Å². The van der Waals surface area contributed by atoms with E-state index in [1.54, 1.807) is 12.1 Å². The summed E-state index contributed by atoms with van der Waals surface area (Å²) in [6.45, 7) is 48.3. The molecule has 0 saturated carbocycles. The van der Waals surface area contributed by atoms with Gasteiger partial charge in [0.15, 0.2) is 0 Å². The molecular weight excluding hydrogens is 1800 g/mol. The van der Waals surface area contributed by atoms with Crippen molar-refractivity contribution >= 4 is 35.3 Å². The minimum Gasteiger partial charge on any atom is -0.329 e. The number of unbranched alkanes of at least 4 members (excludes halogenated alkanes) is 20. The number of amides is 4. The molecule has 6 N–H and O–H groups in total. The lowest BCUT2D eigenvalue weighted by atomic mass is 9.67. The molecule has 0 bridgehead atoms. The summed E-state index contributed by atoms with van der Waals surface area (Å²) in [4.78, 5) is 70.7. The van der Waals surface area contributed by atoms with E-state index >= 15 is 0 Å². The van der Waals surface area contributed by atoms with Gasteiger partial charge in [0.25, 0.3) is 11.1 Å². The van der Waals surface area contributed by atoms with Gasteiger partial charge in [0.1, 0.15) is 0 Å². The predicted octanol–water partition coefficient (Wildman–Crippen LogP) is 40.4. The fraction of sp³-hybridized carbons (Fsp3) is 0.659. The Morgan fingerprint density at radius 3 is 0.721 bits per heavy atom. The quantitative estimate of drug-likeness (QED) is 0.0207. The van der Waals surface area contributed by atoms with Gasteiger partial charge < -0.3 is 20.6 Å². The molecule has 11 rings (SSSR count). The number of nitrogens with zero attached hydrogens (tertiary/aromatic N) is 2. The van der Waals surface area contributed by atoms with E-state index in [9.17, 15) is 19.2 Å². The SMILES string of the molecule is CCCCCCCCCCCCCc1cc(=O)nc(NC(=O)Nc2ccc3c(c2)-c2ccc(-c4ccc5c(c4)C(CC[C@@H](C)CCCC(C)C)(CC[C@@H](C)CCCC(C)C)c4cc(-c6ccc7c(c6)C(CC[C@@H](C)CCCC(C)C)(CC[C@@H](C)CCCC(C)C)c6ccc(NC(=O)Nc8nc(=O)cc(CCCCCCCCCCCCC)[nH]8)cc6-7)ccc4-5)cc2C3(CC[C@@H](C)CCCC(C)C)CC[C@@H](C)CCCC(C)C)[nH]1. The topological polar surface area (TPSA) is 174 Å². The van der Waals surface area contributed by atoms with Crippen LogP contribution < -0.4 is 32.4 Å². The monoisotopic (exact) mass is 2000 g/mol. The minimum atomic E-state index is -0.429. The van der Waals surface area contributed by atoms with Gasteiger partial charge in [-0.15, -0.1) is 0 Å². The normalized spacial score (nSPS) is 14.8. The van der Waals surface area contributed by atoms with Crippen molar-refractivity contribution in [3.05, 3.63) is 187 Å². The highest BCUT2D eigenvalue weighted by molar-refractivity contribution is 6.01. The van der Waals surface area contributed by atoms with Crippen molar-refractivity contribution in [3.63, 3.8) is 0 Å². The van der Waals surface area contributed by atoms with Gasteiger partial charge in [-0.3, -0.25) is 20.2 Å².